The summed E-state index contributed by atoms with van der Waals surface area (Å²) in [4.78, 5) is 0. The molecule has 3 nitrogen and oxygen atoms in total. The van der Waals surface area contributed by atoms with Gasteiger partial charge in [-0.3, -0.25) is 0 Å². The van der Waals surface area contributed by atoms with Crippen molar-refractivity contribution >= 4 is 33.2 Å². The quantitative estimate of drug-likeness (QED) is 0.443. The van der Waals surface area contributed by atoms with Crippen LogP contribution in [0.3, 0.4) is 0 Å². The highest BCUT2D eigenvalue weighted by atomic mass is 79.9. The first-order chi connectivity index (χ1) is 13.0. The number of benzene rings is 3. The standard InChI is InChI=1S/C22H21BrClNO2/c1-15-3-9-19(10-4-15)25-13-17-11-21(26-2)22(12-20(17)23)27-14-16-5-7-18(24)8-6-16/h3-12,25H,13-14H2,1-2H3. The van der Waals surface area contributed by atoms with Crippen molar-refractivity contribution in [3.63, 3.8) is 0 Å². The van der Waals surface area contributed by atoms with E-state index in [1.165, 1.54) is 5.56 Å². The molecule has 3 rings (SSSR count). The van der Waals surface area contributed by atoms with Gasteiger partial charge in [0.05, 0.1) is 7.11 Å². The molecule has 27 heavy (non-hydrogen) atoms. The molecule has 0 unspecified atom stereocenters. The SMILES string of the molecule is COc1cc(CNc2ccc(C)cc2)c(Br)cc1OCc1ccc(Cl)cc1. The van der Waals surface area contributed by atoms with E-state index >= 15 is 0 Å². The molecule has 140 valence electrons. The summed E-state index contributed by atoms with van der Waals surface area (Å²) in [6, 6.07) is 19.9. The van der Waals surface area contributed by atoms with E-state index in [1.807, 2.05) is 36.4 Å². The van der Waals surface area contributed by atoms with Crippen molar-refractivity contribution < 1.29 is 9.47 Å². The van der Waals surface area contributed by atoms with Crippen molar-refractivity contribution in [1.29, 1.82) is 0 Å². The highest BCUT2D eigenvalue weighted by molar-refractivity contribution is 9.10. The number of halogens is 2. The van der Waals surface area contributed by atoms with E-state index in [0.29, 0.717) is 29.7 Å². The van der Waals surface area contributed by atoms with Crippen molar-refractivity contribution in [3.05, 3.63) is 86.8 Å². The molecule has 0 aliphatic heterocycles. The van der Waals surface area contributed by atoms with Crippen LogP contribution in [0.25, 0.3) is 0 Å². The molecule has 0 saturated heterocycles. The zero-order chi connectivity index (χ0) is 19.2. The summed E-state index contributed by atoms with van der Waals surface area (Å²) in [6.45, 7) is 3.20. The van der Waals surface area contributed by atoms with E-state index < -0.39 is 0 Å². The van der Waals surface area contributed by atoms with E-state index in [9.17, 15) is 0 Å². The molecule has 3 aromatic carbocycles. The minimum Gasteiger partial charge on any atom is -0.493 e. The average molecular weight is 447 g/mol. The maximum Gasteiger partial charge on any atom is 0.162 e. The van der Waals surface area contributed by atoms with Crippen LogP contribution in [0.4, 0.5) is 5.69 Å². The molecule has 5 heteroatoms. The topological polar surface area (TPSA) is 30.5 Å². The summed E-state index contributed by atoms with van der Waals surface area (Å²) in [6.07, 6.45) is 0. The van der Waals surface area contributed by atoms with Crippen molar-refractivity contribution in [3.8, 4) is 11.5 Å². The molecule has 0 heterocycles. The molecular formula is C22H21BrClNO2. The lowest BCUT2D eigenvalue weighted by atomic mass is 10.1. The average Bonchev–Trinajstić information content (AvgIpc) is 2.68. The van der Waals surface area contributed by atoms with Crippen molar-refractivity contribution in [2.45, 2.75) is 20.1 Å². The molecule has 3 aromatic rings. The Hall–Kier alpha value is -2.17. The smallest absolute Gasteiger partial charge is 0.162 e. The second kappa shape index (κ2) is 9.16. The van der Waals surface area contributed by atoms with Crippen LogP contribution in [0.5, 0.6) is 11.5 Å². The fraction of sp³-hybridized carbons (Fsp3) is 0.182. The Labute approximate surface area is 173 Å². The van der Waals surface area contributed by atoms with Gasteiger partial charge < -0.3 is 14.8 Å². The molecule has 0 amide bonds. The van der Waals surface area contributed by atoms with Gasteiger partial charge in [0.25, 0.3) is 0 Å². The normalized spacial score (nSPS) is 10.5. The Morgan fingerprint density at radius 2 is 1.67 bits per heavy atom. The maximum atomic E-state index is 5.95. The molecule has 0 fully saturated rings. The predicted octanol–water partition coefficient (Wildman–Crippen LogP) is 6.61. The number of nitrogens with one attached hydrogen (secondary N) is 1. The number of hydrogen-bond donors (Lipinski definition) is 1. The monoisotopic (exact) mass is 445 g/mol. The number of aryl methyl sites for hydroxylation is 1. The van der Waals surface area contributed by atoms with Crippen LogP contribution in [-0.4, -0.2) is 7.11 Å². The molecule has 0 radical (unpaired) electrons. The van der Waals surface area contributed by atoms with Crippen LogP contribution in [0.15, 0.2) is 65.1 Å². The predicted molar refractivity (Wildman–Crippen MR) is 115 cm³/mol. The molecular weight excluding hydrogens is 426 g/mol. The van der Waals surface area contributed by atoms with E-state index in [-0.39, 0.29) is 0 Å². The van der Waals surface area contributed by atoms with Crippen LogP contribution in [0, 0.1) is 6.92 Å². The Balaban J connectivity index is 1.70. The number of ether oxygens (including phenoxy) is 2. The third-order valence-corrected chi connectivity index (χ3v) is 5.16. The Morgan fingerprint density at radius 1 is 0.963 bits per heavy atom. The van der Waals surface area contributed by atoms with Gasteiger partial charge in [0.1, 0.15) is 6.61 Å². The van der Waals surface area contributed by atoms with Crippen molar-refractivity contribution in [2.24, 2.45) is 0 Å². The Kier molecular flexibility index (Phi) is 6.64. The molecule has 0 spiro atoms. The Bertz CT molecular complexity index is 895. The fourth-order valence-corrected chi connectivity index (χ4v) is 3.18. The second-order valence-corrected chi connectivity index (χ2v) is 7.52. The Morgan fingerprint density at radius 3 is 2.33 bits per heavy atom. The molecule has 0 aliphatic carbocycles. The molecule has 0 bridgehead atoms. The summed E-state index contributed by atoms with van der Waals surface area (Å²) in [5.41, 5.74) is 4.45. The minimum atomic E-state index is 0.445. The zero-order valence-corrected chi connectivity index (χ0v) is 17.6. The number of anilines is 1. The summed E-state index contributed by atoms with van der Waals surface area (Å²) >= 11 is 9.56. The van der Waals surface area contributed by atoms with Crippen LogP contribution >= 0.6 is 27.5 Å². The van der Waals surface area contributed by atoms with E-state index in [1.54, 1.807) is 7.11 Å². The number of rotatable bonds is 7. The third-order valence-electron chi connectivity index (χ3n) is 4.17. The van der Waals surface area contributed by atoms with Crippen molar-refractivity contribution in [1.82, 2.24) is 0 Å². The maximum absolute atomic E-state index is 5.95. The van der Waals surface area contributed by atoms with Gasteiger partial charge in [0.2, 0.25) is 0 Å². The van der Waals surface area contributed by atoms with E-state index in [4.69, 9.17) is 21.1 Å². The molecule has 0 atom stereocenters. The zero-order valence-electron chi connectivity index (χ0n) is 15.3. The minimum absolute atomic E-state index is 0.445. The van der Waals surface area contributed by atoms with Gasteiger partial charge in [-0.2, -0.15) is 0 Å². The lowest BCUT2D eigenvalue weighted by Crippen LogP contribution is -2.03. The second-order valence-electron chi connectivity index (χ2n) is 6.23. The highest BCUT2D eigenvalue weighted by Crippen LogP contribution is 2.34. The number of methoxy groups -OCH3 is 1. The molecule has 1 N–H and O–H groups in total. The van der Waals surface area contributed by atoms with Crippen molar-refractivity contribution in [2.75, 3.05) is 12.4 Å². The van der Waals surface area contributed by atoms with Gasteiger partial charge in [-0.05, 0) is 54.4 Å². The van der Waals surface area contributed by atoms with Gasteiger partial charge in [-0.15, -0.1) is 0 Å². The first-order valence-corrected chi connectivity index (χ1v) is 9.76. The lowest BCUT2D eigenvalue weighted by molar-refractivity contribution is 0.284. The molecule has 0 aliphatic rings. The molecule has 0 aromatic heterocycles. The van der Waals surface area contributed by atoms with Gasteiger partial charge in [0.15, 0.2) is 11.5 Å². The van der Waals surface area contributed by atoms with Gasteiger partial charge in [-0.1, -0.05) is 57.4 Å². The van der Waals surface area contributed by atoms with E-state index in [0.717, 1.165) is 21.3 Å². The van der Waals surface area contributed by atoms with Gasteiger partial charge >= 0.3 is 0 Å². The van der Waals surface area contributed by atoms with Crippen LogP contribution in [-0.2, 0) is 13.2 Å². The number of hydrogen-bond acceptors (Lipinski definition) is 3. The van der Waals surface area contributed by atoms with Crippen LogP contribution in [0.1, 0.15) is 16.7 Å². The summed E-state index contributed by atoms with van der Waals surface area (Å²) in [5, 5.41) is 4.14. The lowest BCUT2D eigenvalue weighted by Gasteiger charge is -2.15. The molecule has 0 saturated carbocycles. The van der Waals surface area contributed by atoms with Crippen LogP contribution < -0.4 is 14.8 Å². The first kappa shape index (κ1) is 19.6. The first-order valence-electron chi connectivity index (χ1n) is 8.59. The van der Waals surface area contributed by atoms with Gasteiger partial charge in [-0.25, -0.2) is 0 Å². The summed E-state index contributed by atoms with van der Waals surface area (Å²) in [7, 11) is 1.65. The summed E-state index contributed by atoms with van der Waals surface area (Å²) < 4.78 is 12.4. The third kappa shape index (κ3) is 5.41. The van der Waals surface area contributed by atoms with E-state index in [2.05, 4.69) is 52.4 Å². The highest BCUT2D eigenvalue weighted by Gasteiger charge is 2.11. The van der Waals surface area contributed by atoms with Gasteiger partial charge in [0, 0.05) is 21.7 Å². The summed E-state index contributed by atoms with van der Waals surface area (Å²) in [5.74, 6) is 1.39. The van der Waals surface area contributed by atoms with Crippen LogP contribution in [0.2, 0.25) is 5.02 Å². The fourth-order valence-electron chi connectivity index (χ4n) is 2.60. The largest absolute Gasteiger partial charge is 0.493 e.